The predicted molar refractivity (Wildman–Crippen MR) is 67.2 cm³/mol. The van der Waals surface area contributed by atoms with Crippen LogP contribution in [0.2, 0.25) is 0 Å². The highest BCUT2D eigenvalue weighted by molar-refractivity contribution is 7.85. The zero-order chi connectivity index (χ0) is 13.8. The lowest BCUT2D eigenvalue weighted by Crippen LogP contribution is -2.14. The second-order valence-electron chi connectivity index (χ2n) is 4.20. The Morgan fingerprint density at radius 2 is 1.83 bits per heavy atom. The van der Waals surface area contributed by atoms with Crippen molar-refractivity contribution in [2.45, 2.75) is 19.8 Å². The third kappa shape index (κ3) is 4.85. The maximum absolute atomic E-state index is 11.5. The van der Waals surface area contributed by atoms with E-state index in [9.17, 15) is 13.2 Å². The zero-order valence-corrected chi connectivity index (χ0v) is 11.1. The van der Waals surface area contributed by atoms with E-state index in [2.05, 4.69) is 0 Å². The number of ether oxygens (including phenoxy) is 1. The highest BCUT2D eigenvalue weighted by Gasteiger charge is 2.10. The first-order chi connectivity index (χ1) is 8.29. The van der Waals surface area contributed by atoms with Gasteiger partial charge in [0.25, 0.3) is 10.1 Å². The van der Waals surface area contributed by atoms with Crippen LogP contribution in [0.15, 0.2) is 24.3 Å². The van der Waals surface area contributed by atoms with Crippen molar-refractivity contribution in [1.82, 2.24) is 0 Å². The summed E-state index contributed by atoms with van der Waals surface area (Å²) in [5.41, 5.74) is 1.46. The van der Waals surface area contributed by atoms with Crippen LogP contribution in [0.25, 0.3) is 0 Å². The lowest BCUT2D eigenvalue weighted by molar-refractivity contribution is 0.0528. The summed E-state index contributed by atoms with van der Waals surface area (Å²) in [6.07, 6.45) is 0. The molecule has 0 bridgehead atoms. The fourth-order valence-corrected chi connectivity index (χ4v) is 1.62. The molecule has 0 aliphatic rings. The fourth-order valence-electron chi connectivity index (χ4n) is 1.33. The summed E-state index contributed by atoms with van der Waals surface area (Å²) in [7, 11) is -4.10. The first-order valence-electron chi connectivity index (χ1n) is 5.52. The summed E-state index contributed by atoms with van der Waals surface area (Å²) in [5.74, 6) is -0.827. The molecule has 1 aromatic rings. The quantitative estimate of drug-likeness (QED) is 0.653. The van der Waals surface area contributed by atoms with E-state index >= 15 is 0 Å². The van der Waals surface area contributed by atoms with Gasteiger partial charge in [-0.05, 0) is 23.6 Å². The number of esters is 1. The van der Waals surface area contributed by atoms with E-state index in [1.54, 1.807) is 12.1 Å². The average Bonchev–Trinajstić information content (AvgIpc) is 2.27. The molecule has 0 saturated carbocycles. The first kappa shape index (κ1) is 14.7. The van der Waals surface area contributed by atoms with E-state index in [0.717, 1.165) is 5.56 Å². The molecule has 0 saturated heterocycles. The standard InChI is InChI=1S/C12H16O5S/c1-9(2)10-3-5-11(6-4-10)12(13)17-7-8-18(14,15)16/h3-6,9H,7-8H2,1-2H3,(H,14,15,16). The molecule has 0 unspecified atom stereocenters. The van der Waals surface area contributed by atoms with Gasteiger partial charge in [-0.15, -0.1) is 0 Å². The van der Waals surface area contributed by atoms with Crippen molar-refractivity contribution >= 4 is 16.1 Å². The van der Waals surface area contributed by atoms with Crippen molar-refractivity contribution in [3.63, 3.8) is 0 Å². The second kappa shape index (κ2) is 5.97. The molecule has 0 aliphatic heterocycles. The van der Waals surface area contributed by atoms with E-state index in [0.29, 0.717) is 11.5 Å². The summed E-state index contributed by atoms with van der Waals surface area (Å²) in [5, 5.41) is 0. The molecule has 0 aliphatic carbocycles. The maximum Gasteiger partial charge on any atom is 0.338 e. The zero-order valence-electron chi connectivity index (χ0n) is 10.3. The van der Waals surface area contributed by atoms with Crippen LogP contribution in [0, 0.1) is 0 Å². The average molecular weight is 272 g/mol. The summed E-state index contributed by atoms with van der Waals surface area (Å²) in [6, 6.07) is 6.91. The molecule has 1 aromatic carbocycles. The lowest BCUT2D eigenvalue weighted by atomic mass is 10.0. The lowest BCUT2D eigenvalue weighted by Gasteiger charge is -2.07. The Kier molecular flexibility index (Phi) is 4.86. The Bertz CT molecular complexity index is 502. The minimum Gasteiger partial charge on any atom is -0.461 e. The molecular weight excluding hydrogens is 256 g/mol. The molecule has 1 rings (SSSR count). The number of rotatable bonds is 5. The Hall–Kier alpha value is -1.40. The van der Waals surface area contributed by atoms with Gasteiger partial charge in [0.05, 0.1) is 5.56 Å². The van der Waals surface area contributed by atoms with Crippen molar-refractivity contribution in [3.05, 3.63) is 35.4 Å². The largest absolute Gasteiger partial charge is 0.461 e. The molecule has 5 nitrogen and oxygen atoms in total. The van der Waals surface area contributed by atoms with Gasteiger partial charge < -0.3 is 4.74 Å². The van der Waals surface area contributed by atoms with Crippen molar-refractivity contribution in [3.8, 4) is 0 Å². The van der Waals surface area contributed by atoms with Gasteiger partial charge >= 0.3 is 5.97 Å². The summed E-state index contributed by atoms with van der Waals surface area (Å²) >= 11 is 0. The van der Waals surface area contributed by atoms with Crippen LogP contribution in [-0.2, 0) is 14.9 Å². The van der Waals surface area contributed by atoms with Crippen molar-refractivity contribution in [2.24, 2.45) is 0 Å². The molecule has 0 aromatic heterocycles. The number of hydrogen-bond donors (Lipinski definition) is 1. The number of carbonyl (C=O) groups excluding carboxylic acids is 1. The van der Waals surface area contributed by atoms with Crippen LogP contribution in [0.5, 0.6) is 0 Å². The van der Waals surface area contributed by atoms with E-state index in [4.69, 9.17) is 9.29 Å². The predicted octanol–water partition coefficient (Wildman–Crippen LogP) is 1.85. The molecule has 1 N–H and O–H groups in total. The van der Waals surface area contributed by atoms with Gasteiger partial charge in [0, 0.05) is 0 Å². The van der Waals surface area contributed by atoms with Crippen LogP contribution >= 0.6 is 0 Å². The van der Waals surface area contributed by atoms with Gasteiger partial charge in [-0.25, -0.2) is 4.79 Å². The van der Waals surface area contributed by atoms with Crippen LogP contribution in [0.1, 0.15) is 35.7 Å². The van der Waals surface area contributed by atoms with E-state index in [1.165, 1.54) is 0 Å². The number of benzene rings is 1. The third-order valence-corrected chi connectivity index (χ3v) is 3.07. The van der Waals surface area contributed by atoms with Gasteiger partial charge in [-0.2, -0.15) is 8.42 Å². The number of carbonyl (C=O) groups is 1. The van der Waals surface area contributed by atoms with Crippen LogP contribution in [0.3, 0.4) is 0 Å². The van der Waals surface area contributed by atoms with Crippen LogP contribution in [-0.4, -0.2) is 31.3 Å². The molecule has 100 valence electrons. The molecule has 18 heavy (non-hydrogen) atoms. The van der Waals surface area contributed by atoms with E-state index in [1.807, 2.05) is 26.0 Å². The van der Waals surface area contributed by atoms with Gasteiger partial charge in [-0.1, -0.05) is 26.0 Å². The maximum atomic E-state index is 11.5. The Morgan fingerprint density at radius 1 is 1.28 bits per heavy atom. The molecule has 0 atom stereocenters. The van der Waals surface area contributed by atoms with Gasteiger partial charge in [0.1, 0.15) is 12.4 Å². The van der Waals surface area contributed by atoms with Gasteiger partial charge in [0.2, 0.25) is 0 Å². The normalized spacial score (nSPS) is 11.6. The highest BCUT2D eigenvalue weighted by Crippen LogP contribution is 2.15. The van der Waals surface area contributed by atoms with Crippen molar-refractivity contribution < 1.29 is 22.5 Å². The monoisotopic (exact) mass is 272 g/mol. The van der Waals surface area contributed by atoms with Crippen molar-refractivity contribution in [1.29, 1.82) is 0 Å². The van der Waals surface area contributed by atoms with Crippen LogP contribution < -0.4 is 0 Å². The molecule has 6 heteroatoms. The van der Waals surface area contributed by atoms with Crippen LogP contribution in [0.4, 0.5) is 0 Å². The minimum absolute atomic E-state index is 0.356. The fraction of sp³-hybridized carbons (Fsp3) is 0.417. The second-order valence-corrected chi connectivity index (χ2v) is 5.77. The summed E-state index contributed by atoms with van der Waals surface area (Å²) in [4.78, 5) is 11.5. The highest BCUT2D eigenvalue weighted by atomic mass is 32.2. The van der Waals surface area contributed by atoms with Gasteiger partial charge in [0.15, 0.2) is 0 Å². The van der Waals surface area contributed by atoms with Gasteiger partial charge in [-0.3, -0.25) is 4.55 Å². The SMILES string of the molecule is CC(C)c1ccc(C(=O)OCCS(=O)(=O)O)cc1. The molecule has 0 radical (unpaired) electrons. The molecule has 0 fully saturated rings. The summed E-state index contributed by atoms with van der Waals surface area (Å²) in [6.45, 7) is 3.72. The molecule has 0 amide bonds. The third-order valence-electron chi connectivity index (χ3n) is 2.39. The van der Waals surface area contributed by atoms with E-state index < -0.39 is 21.8 Å². The minimum atomic E-state index is -4.10. The number of hydrogen-bond acceptors (Lipinski definition) is 4. The molecule has 0 spiro atoms. The molecular formula is C12H16O5S. The Labute approximate surface area is 107 Å². The Balaban J connectivity index is 2.57. The van der Waals surface area contributed by atoms with Crippen molar-refractivity contribution in [2.75, 3.05) is 12.4 Å². The topological polar surface area (TPSA) is 80.7 Å². The summed E-state index contributed by atoms with van der Waals surface area (Å²) < 4.78 is 34.1. The first-order valence-corrected chi connectivity index (χ1v) is 7.13. The van der Waals surface area contributed by atoms with E-state index in [-0.39, 0.29) is 6.61 Å². The Morgan fingerprint density at radius 3 is 2.28 bits per heavy atom. The smallest absolute Gasteiger partial charge is 0.338 e. The molecule has 0 heterocycles.